The lowest BCUT2D eigenvalue weighted by molar-refractivity contribution is 0.101. The lowest BCUT2D eigenvalue weighted by Crippen LogP contribution is -2.15. The zero-order chi connectivity index (χ0) is 24.9. The van der Waals surface area contributed by atoms with Crippen molar-refractivity contribution in [1.82, 2.24) is 19.6 Å². The number of aromatic nitrogens is 4. The maximum atomic E-state index is 12.7. The third kappa shape index (κ3) is 5.64. The van der Waals surface area contributed by atoms with Gasteiger partial charge in [0.05, 0.1) is 6.54 Å². The van der Waals surface area contributed by atoms with Crippen LogP contribution in [0.3, 0.4) is 0 Å². The molecule has 0 spiro atoms. The number of rotatable bonds is 8. The van der Waals surface area contributed by atoms with Crippen LogP contribution in [0.2, 0.25) is 5.02 Å². The molecule has 0 aliphatic heterocycles. The molecule has 0 fully saturated rings. The van der Waals surface area contributed by atoms with Gasteiger partial charge in [0.1, 0.15) is 5.75 Å². The average molecular weight is 498 g/mol. The number of ether oxygens (including phenoxy) is 1. The smallest absolute Gasteiger partial charge is 0.277 e. The second kappa shape index (κ2) is 10.5. The van der Waals surface area contributed by atoms with Gasteiger partial charge in [0.25, 0.3) is 5.91 Å². The molecule has 5 aromatic rings. The van der Waals surface area contributed by atoms with E-state index in [-0.39, 0.29) is 18.3 Å². The van der Waals surface area contributed by atoms with Crippen LogP contribution in [-0.2, 0) is 13.3 Å². The summed E-state index contributed by atoms with van der Waals surface area (Å²) in [5.41, 5.74) is 4.49. The van der Waals surface area contributed by atoms with Crippen LogP contribution >= 0.6 is 11.6 Å². The van der Waals surface area contributed by atoms with Crippen LogP contribution in [0.4, 0.5) is 5.82 Å². The number of benzene rings is 3. The van der Waals surface area contributed by atoms with E-state index in [1.54, 1.807) is 16.9 Å². The summed E-state index contributed by atoms with van der Waals surface area (Å²) < 4.78 is 9.21. The van der Waals surface area contributed by atoms with Crippen molar-refractivity contribution < 1.29 is 9.53 Å². The molecule has 0 saturated heterocycles. The highest BCUT2D eigenvalue weighted by Crippen LogP contribution is 2.22. The van der Waals surface area contributed by atoms with Crippen molar-refractivity contribution in [2.24, 2.45) is 0 Å². The first kappa shape index (κ1) is 23.4. The fourth-order valence-electron chi connectivity index (χ4n) is 3.79. The maximum Gasteiger partial charge on any atom is 0.277 e. The Kier molecular flexibility index (Phi) is 6.82. The van der Waals surface area contributed by atoms with Gasteiger partial charge in [-0.05, 0) is 53.9 Å². The van der Waals surface area contributed by atoms with Gasteiger partial charge in [0, 0.05) is 23.0 Å². The molecule has 2 heterocycles. The zero-order valence-corrected chi connectivity index (χ0v) is 20.4. The SMILES string of the molecule is Cc1cc(NC(=O)c2ccn(COc3ccc(-c4ccccc4)cc3)n2)nn1Cc1cccc(Cl)c1. The molecular weight excluding hydrogens is 474 g/mol. The normalized spacial score (nSPS) is 10.8. The molecule has 3 aromatic carbocycles. The summed E-state index contributed by atoms with van der Waals surface area (Å²) in [6.07, 6.45) is 1.70. The van der Waals surface area contributed by atoms with Crippen LogP contribution in [0.5, 0.6) is 5.75 Å². The minimum atomic E-state index is -0.339. The molecule has 0 aliphatic rings. The number of nitrogens with zero attached hydrogens (tertiary/aromatic N) is 4. The number of carbonyl (C=O) groups excluding carboxylic acids is 1. The minimum Gasteiger partial charge on any atom is -0.471 e. The van der Waals surface area contributed by atoms with E-state index >= 15 is 0 Å². The summed E-state index contributed by atoms with van der Waals surface area (Å²) in [5.74, 6) is 0.842. The quantitative estimate of drug-likeness (QED) is 0.283. The van der Waals surface area contributed by atoms with Gasteiger partial charge in [-0.15, -0.1) is 0 Å². The second-order valence-electron chi connectivity index (χ2n) is 8.32. The van der Waals surface area contributed by atoms with Crippen molar-refractivity contribution in [1.29, 1.82) is 0 Å². The van der Waals surface area contributed by atoms with Crippen LogP contribution in [0, 0.1) is 6.92 Å². The van der Waals surface area contributed by atoms with Gasteiger partial charge >= 0.3 is 0 Å². The fourth-order valence-corrected chi connectivity index (χ4v) is 4.00. The molecule has 0 atom stereocenters. The summed E-state index contributed by atoms with van der Waals surface area (Å²) in [6, 6.07) is 29.1. The number of amides is 1. The fraction of sp³-hybridized carbons (Fsp3) is 0.107. The van der Waals surface area contributed by atoms with Gasteiger partial charge < -0.3 is 10.1 Å². The number of halogens is 1. The van der Waals surface area contributed by atoms with Gasteiger partial charge in [0.2, 0.25) is 0 Å². The number of hydrogen-bond acceptors (Lipinski definition) is 4. The van der Waals surface area contributed by atoms with E-state index in [1.807, 2.05) is 84.4 Å². The third-order valence-electron chi connectivity index (χ3n) is 5.64. The van der Waals surface area contributed by atoms with E-state index in [9.17, 15) is 4.79 Å². The summed E-state index contributed by atoms with van der Waals surface area (Å²) in [5, 5.41) is 12.3. The topological polar surface area (TPSA) is 74.0 Å². The van der Waals surface area contributed by atoms with Crippen LogP contribution in [0.15, 0.2) is 97.2 Å². The van der Waals surface area contributed by atoms with E-state index in [0.29, 0.717) is 17.4 Å². The molecule has 0 bridgehead atoms. The van der Waals surface area contributed by atoms with E-state index < -0.39 is 0 Å². The summed E-state index contributed by atoms with van der Waals surface area (Å²) >= 11 is 6.08. The Hall–Kier alpha value is -4.36. The third-order valence-corrected chi connectivity index (χ3v) is 5.88. The van der Waals surface area contributed by atoms with Gasteiger partial charge in [-0.25, -0.2) is 4.68 Å². The van der Waals surface area contributed by atoms with E-state index in [1.165, 1.54) is 0 Å². The lowest BCUT2D eigenvalue weighted by atomic mass is 10.1. The lowest BCUT2D eigenvalue weighted by Gasteiger charge is -2.07. The Bertz CT molecular complexity index is 1480. The maximum absolute atomic E-state index is 12.7. The summed E-state index contributed by atoms with van der Waals surface area (Å²) in [4.78, 5) is 12.7. The van der Waals surface area contributed by atoms with Gasteiger partial charge in [0.15, 0.2) is 18.2 Å². The predicted octanol–water partition coefficient (Wildman–Crippen LogP) is 6.05. The van der Waals surface area contributed by atoms with Gasteiger partial charge in [-0.3, -0.25) is 9.48 Å². The van der Waals surface area contributed by atoms with E-state index in [0.717, 1.165) is 28.1 Å². The highest BCUT2D eigenvalue weighted by atomic mass is 35.5. The van der Waals surface area contributed by atoms with Crippen LogP contribution < -0.4 is 10.1 Å². The number of hydrogen-bond donors (Lipinski definition) is 1. The first-order valence-corrected chi connectivity index (χ1v) is 11.8. The molecule has 7 nitrogen and oxygen atoms in total. The Balaban J connectivity index is 1.17. The van der Waals surface area contributed by atoms with Crippen molar-refractivity contribution in [3.05, 3.63) is 119 Å². The Labute approximate surface area is 213 Å². The average Bonchev–Trinajstić information content (AvgIpc) is 3.50. The predicted molar refractivity (Wildman–Crippen MR) is 140 cm³/mol. The van der Waals surface area contributed by atoms with Crippen molar-refractivity contribution in [3.63, 3.8) is 0 Å². The van der Waals surface area contributed by atoms with Crippen LogP contribution in [-0.4, -0.2) is 25.5 Å². The summed E-state index contributed by atoms with van der Waals surface area (Å²) in [7, 11) is 0. The standard InChI is InChI=1S/C28H24ClN5O2/c1-20-16-27(32-34(20)18-21-6-5-9-24(29)17-21)30-28(35)26-14-15-33(31-26)19-36-25-12-10-23(11-13-25)22-7-3-2-4-8-22/h2-17H,18-19H2,1H3,(H,30,32,35). The van der Waals surface area contributed by atoms with Crippen molar-refractivity contribution >= 4 is 23.3 Å². The molecule has 1 N–H and O–H groups in total. The minimum absolute atomic E-state index is 0.186. The molecular formula is C28H24ClN5O2. The molecule has 8 heteroatoms. The zero-order valence-electron chi connectivity index (χ0n) is 19.6. The summed E-state index contributed by atoms with van der Waals surface area (Å²) in [6.45, 7) is 2.68. The number of aryl methyl sites for hydroxylation is 1. The van der Waals surface area contributed by atoms with E-state index in [2.05, 4.69) is 27.6 Å². The first-order chi connectivity index (χ1) is 17.5. The molecule has 2 aromatic heterocycles. The van der Waals surface area contributed by atoms with Gasteiger partial charge in [-0.1, -0.05) is 66.2 Å². The molecule has 5 rings (SSSR count). The Morgan fingerprint density at radius 1 is 0.917 bits per heavy atom. The monoisotopic (exact) mass is 497 g/mol. The number of nitrogens with one attached hydrogen (secondary N) is 1. The molecule has 0 unspecified atom stereocenters. The van der Waals surface area contributed by atoms with Crippen molar-refractivity contribution in [3.8, 4) is 16.9 Å². The number of carbonyl (C=O) groups is 1. The molecule has 1 amide bonds. The van der Waals surface area contributed by atoms with E-state index in [4.69, 9.17) is 16.3 Å². The highest BCUT2D eigenvalue weighted by molar-refractivity contribution is 6.30. The molecule has 36 heavy (non-hydrogen) atoms. The highest BCUT2D eigenvalue weighted by Gasteiger charge is 2.13. The molecule has 180 valence electrons. The number of anilines is 1. The first-order valence-electron chi connectivity index (χ1n) is 11.5. The largest absolute Gasteiger partial charge is 0.471 e. The molecule has 0 aliphatic carbocycles. The van der Waals surface area contributed by atoms with Crippen LogP contribution in [0.25, 0.3) is 11.1 Å². The van der Waals surface area contributed by atoms with Crippen LogP contribution in [0.1, 0.15) is 21.7 Å². The van der Waals surface area contributed by atoms with Gasteiger partial charge in [-0.2, -0.15) is 10.2 Å². The van der Waals surface area contributed by atoms with Crippen molar-refractivity contribution in [2.75, 3.05) is 5.32 Å². The Morgan fingerprint density at radius 2 is 1.69 bits per heavy atom. The second-order valence-corrected chi connectivity index (χ2v) is 8.75. The Morgan fingerprint density at radius 3 is 2.47 bits per heavy atom. The van der Waals surface area contributed by atoms with Crippen molar-refractivity contribution in [2.45, 2.75) is 20.2 Å². The molecule has 0 radical (unpaired) electrons. The molecule has 0 saturated carbocycles.